The van der Waals surface area contributed by atoms with E-state index in [2.05, 4.69) is 16.6 Å². The van der Waals surface area contributed by atoms with Crippen LogP contribution in [0, 0.1) is 0 Å². The van der Waals surface area contributed by atoms with Crippen LogP contribution in [0.25, 0.3) is 0 Å². The minimum Gasteiger partial charge on any atom is -0.497 e. The number of piperidine rings is 1. The first-order valence-corrected chi connectivity index (χ1v) is 10.9. The Kier molecular flexibility index (Phi) is 4.98. The predicted octanol–water partition coefficient (Wildman–Crippen LogP) is 2.24. The molecule has 0 bridgehead atoms. The fourth-order valence-corrected chi connectivity index (χ4v) is 4.74. The normalized spacial score (nSPS) is 18.8. The van der Waals surface area contributed by atoms with Crippen LogP contribution in [-0.4, -0.2) is 38.3 Å². The summed E-state index contributed by atoms with van der Waals surface area (Å²) in [6.07, 6.45) is 1.13. The van der Waals surface area contributed by atoms with Crippen molar-refractivity contribution in [1.29, 1.82) is 0 Å². The highest BCUT2D eigenvalue weighted by Crippen LogP contribution is 2.31. The fourth-order valence-electron chi connectivity index (χ4n) is 3.69. The van der Waals surface area contributed by atoms with Crippen molar-refractivity contribution < 1.29 is 22.7 Å². The number of carbonyl (C=O) groups is 2. The minimum atomic E-state index is -3.80. The van der Waals surface area contributed by atoms with Gasteiger partial charge >= 0.3 is 0 Å². The second-order valence-electron chi connectivity index (χ2n) is 7.23. The second kappa shape index (κ2) is 7.49. The maximum Gasteiger partial charge on any atom is 0.261 e. The summed E-state index contributed by atoms with van der Waals surface area (Å²) in [7, 11) is -2.29. The number of hydrogen-bond acceptors (Lipinski definition) is 5. The number of rotatable bonds is 5. The Hall–Kier alpha value is -3.33. The topological polar surface area (TPSA) is 105 Å². The van der Waals surface area contributed by atoms with Crippen molar-refractivity contribution in [1.82, 2.24) is 10.2 Å². The molecule has 2 amide bonds. The Labute approximate surface area is 174 Å². The number of hydrogen-bond donors (Lipinski definition) is 2. The van der Waals surface area contributed by atoms with Crippen molar-refractivity contribution in [2.24, 2.45) is 0 Å². The van der Waals surface area contributed by atoms with E-state index >= 15 is 0 Å². The molecule has 2 N–H and O–H groups in total. The zero-order valence-electron chi connectivity index (χ0n) is 16.3. The van der Waals surface area contributed by atoms with Gasteiger partial charge in [0.1, 0.15) is 11.8 Å². The molecule has 2 aliphatic heterocycles. The number of anilines is 1. The molecular weight excluding hydrogens is 406 g/mol. The fraction of sp³-hybridized carbons (Fsp3) is 0.238. The summed E-state index contributed by atoms with van der Waals surface area (Å²) in [4.78, 5) is 26.7. The van der Waals surface area contributed by atoms with Crippen molar-refractivity contribution >= 4 is 27.5 Å². The van der Waals surface area contributed by atoms with Crippen LogP contribution in [0.5, 0.6) is 5.75 Å². The van der Waals surface area contributed by atoms with Gasteiger partial charge in [-0.2, -0.15) is 0 Å². The summed E-state index contributed by atoms with van der Waals surface area (Å²) in [5, 5.41) is 2.69. The molecule has 156 valence electrons. The van der Waals surface area contributed by atoms with Crippen LogP contribution in [0.1, 0.15) is 28.8 Å². The summed E-state index contributed by atoms with van der Waals surface area (Å²) in [6.45, 7) is 4.00. The lowest BCUT2D eigenvalue weighted by Crippen LogP contribution is -2.49. The molecule has 0 aliphatic carbocycles. The lowest BCUT2D eigenvalue weighted by atomic mass is 10.0. The highest BCUT2D eigenvalue weighted by molar-refractivity contribution is 7.92. The predicted molar refractivity (Wildman–Crippen MR) is 110 cm³/mol. The third-order valence-corrected chi connectivity index (χ3v) is 6.65. The molecule has 4 rings (SSSR count). The van der Waals surface area contributed by atoms with Gasteiger partial charge < -0.3 is 15.0 Å². The third-order valence-electron chi connectivity index (χ3n) is 5.26. The van der Waals surface area contributed by atoms with E-state index in [0.717, 1.165) is 0 Å². The summed E-state index contributed by atoms with van der Waals surface area (Å²) in [6, 6.07) is 10.2. The number of sulfonamides is 1. The van der Waals surface area contributed by atoms with Gasteiger partial charge in [0.25, 0.3) is 15.9 Å². The maximum absolute atomic E-state index is 12.8. The van der Waals surface area contributed by atoms with E-state index in [1.807, 2.05) is 0 Å². The van der Waals surface area contributed by atoms with Gasteiger partial charge in [-0.15, -0.1) is 0 Å². The zero-order chi connectivity index (χ0) is 21.5. The summed E-state index contributed by atoms with van der Waals surface area (Å²) in [5.74, 6) is 0.0791. The number of nitrogens with zero attached hydrogens (tertiary/aromatic N) is 1. The molecule has 1 atom stereocenters. The standard InChI is InChI=1S/C21H21N3O5S/c1-13-3-10-19(20(25)22-13)24-12-14-11-15(4-9-18(14)21(24)26)23-30(27,28)17-7-5-16(29-2)6-8-17/h4-9,11,19,23H,1,3,10,12H2,2H3,(H,22,25). The van der Waals surface area contributed by atoms with E-state index < -0.39 is 16.1 Å². The van der Waals surface area contributed by atoms with Gasteiger partial charge in [-0.1, -0.05) is 6.58 Å². The number of ether oxygens (including phenoxy) is 1. The largest absolute Gasteiger partial charge is 0.497 e. The number of nitrogens with one attached hydrogen (secondary N) is 2. The van der Waals surface area contributed by atoms with E-state index in [0.29, 0.717) is 41.1 Å². The summed E-state index contributed by atoms with van der Waals surface area (Å²) >= 11 is 0. The van der Waals surface area contributed by atoms with Crippen LogP contribution in [-0.2, 0) is 21.4 Å². The molecule has 30 heavy (non-hydrogen) atoms. The van der Waals surface area contributed by atoms with Gasteiger partial charge in [0, 0.05) is 23.5 Å². The molecule has 0 aromatic heterocycles. The van der Waals surface area contributed by atoms with Crippen molar-refractivity contribution in [3.05, 3.63) is 65.9 Å². The van der Waals surface area contributed by atoms with Gasteiger partial charge in [0.2, 0.25) is 5.91 Å². The molecule has 9 heteroatoms. The molecule has 2 aromatic rings. The van der Waals surface area contributed by atoms with E-state index in [1.165, 1.54) is 24.1 Å². The quantitative estimate of drug-likeness (QED) is 0.762. The van der Waals surface area contributed by atoms with E-state index in [-0.39, 0.29) is 23.3 Å². The molecule has 0 radical (unpaired) electrons. The molecule has 1 saturated heterocycles. The molecule has 2 heterocycles. The average molecular weight is 427 g/mol. The van der Waals surface area contributed by atoms with Crippen LogP contribution in [0.15, 0.2) is 59.6 Å². The first kappa shape index (κ1) is 20.0. The first-order chi connectivity index (χ1) is 14.3. The monoisotopic (exact) mass is 427 g/mol. The average Bonchev–Trinajstić information content (AvgIpc) is 3.03. The Morgan fingerprint density at radius 2 is 1.90 bits per heavy atom. The zero-order valence-corrected chi connectivity index (χ0v) is 17.2. The Morgan fingerprint density at radius 3 is 2.57 bits per heavy atom. The van der Waals surface area contributed by atoms with Crippen molar-refractivity contribution in [2.45, 2.75) is 30.3 Å². The van der Waals surface area contributed by atoms with Gasteiger partial charge in [-0.05, 0) is 60.9 Å². The molecule has 0 spiro atoms. The number of methoxy groups -OCH3 is 1. The van der Waals surface area contributed by atoms with Crippen molar-refractivity contribution in [3.8, 4) is 5.75 Å². The highest BCUT2D eigenvalue weighted by atomic mass is 32.2. The number of carbonyl (C=O) groups excluding carboxylic acids is 2. The highest BCUT2D eigenvalue weighted by Gasteiger charge is 2.38. The Balaban J connectivity index is 1.54. The van der Waals surface area contributed by atoms with Crippen molar-refractivity contribution in [2.75, 3.05) is 11.8 Å². The van der Waals surface area contributed by atoms with Gasteiger partial charge in [0.15, 0.2) is 0 Å². The molecule has 2 aromatic carbocycles. The van der Waals surface area contributed by atoms with Gasteiger partial charge in [-0.3, -0.25) is 14.3 Å². The van der Waals surface area contributed by atoms with Crippen LogP contribution < -0.4 is 14.8 Å². The van der Waals surface area contributed by atoms with Crippen molar-refractivity contribution in [3.63, 3.8) is 0 Å². The van der Waals surface area contributed by atoms with Crippen LogP contribution in [0.4, 0.5) is 5.69 Å². The lowest BCUT2D eigenvalue weighted by molar-refractivity contribution is -0.126. The lowest BCUT2D eigenvalue weighted by Gasteiger charge is -2.30. The van der Waals surface area contributed by atoms with Gasteiger partial charge in [-0.25, -0.2) is 8.42 Å². The molecule has 0 saturated carbocycles. The molecule has 8 nitrogen and oxygen atoms in total. The smallest absolute Gasteiger partial charge is 0.261 e. The third kappa shape index (κ3) is 3.63. The number of allylic oxidation sites excluding steroid dienone is 1. The Bertz CT molecular complexity index is 1140. The molecule has 1 fully saturated rings. The van der Waals surface area contributed by atoms with E-state index in [1.54, 1.807) is 30.3 Å². The maximum atomic E-state index is 12.8. The summed E-state index contributed by atoms with van der Waals surface area (Å²) < 4.78 is 32.9. The SMILES string of the molecule is C=C1CCC(N2Cc3cc(NS(=O)(=O)c4ccc(OC)cc4)ccc3C2=O)C(=O)N1. The minimum absolute atomic E-state index is 0.0978. The molecule has 2 aliphatic rings. The van der Waals surface area contributed by atoms with E-state index in [9.17, 15) is 18.0 Å². The Morgan fingerprint density at radius 1 is 1.17 bits per heavy atom. The van der Waals surface area contributed by atoms with Crippen LogP contribution in [0.2, 0.25) is 0 Å². The molecular formula is C21H21N3O5S. The second-order valence-corrected chi connectivity index (χ2v) is 8.92. The van der Waals surface area contributed by atoms with Crippen LogP contribution >= 0.6 is 0 Å². The first-order valence-electron chi connectivity index (χ1n) is 9.38. The number of fused-ring (bicyclic) bond motifs is 1. The molecule has 1 unspecified atom stereocenters. The van der Waals surface area contributed by atoms with Gasteiger partial charge in [0.05, 0.1) is 12.0 Å². The van der Waals surface area contributed by atoms with Crippen LogP contribution in [0.3, 0.4) is 0 Å². The number of amides is 2. The van der Waals surface area contributed by atoms with E-state index in [4.69, 9.17) is 4.74 Å². The number of benzene rings is 2. The summed E-state index contributed by atoms with van der Waals surface area (Å²) in [5.41, 5.74) is 2.14.